The molecular formula is C19H31N3. The second-order valence-electron chi connectivity index (χ2n) is 7.24. The van der Waals surface area contributed by atoms with Crippen LogP contribution in [0.2, 0.25) is 0 Å². The van der Waals surface area contributed by atoms with Crippen LogP contribution in [0.15, 0.2) is 24.3 Å². The third-order valence-electron chi connectivity index (χ3n) is 5.48. The van der Waals surface area contributed by atoms with Crippen molar-refractivity contribution in [2.45, 2.75) is 45.1 Å². The summed E-state index contributed by atoms with van der Waals surface area (Å²) in [5.74, 6) is 0.926. The van der Waals surface area contributed by atoms with Crippen molar-refractivity contribution in [3.8, 4) is 0 Å². The number of hydrogen-bond donors (Lipinski definition) is 1. The van der Waals surface area contributed by atoms with Crippen LogP contribution >= 0.6 is 0 Å². The summed E-state index contributed by atoms with van der Waals surface area (Å²) >= 11 is 0. The first-order valence-corrected chi connectivity index (χ1v) is 9.00. The molecule has 122 valence electrons. The third-order valence-corrected chi connectivity index (χ3v) is 5.48. The molecule has 1 saturated heterocycles. The molecule has 2 fully saturated rings. The van der Waals surface area contributed by atoms with Crippen LogP contribution in [0.4, 0.5) is 5.69 Å². The largest absolute Gasteiger partial charge is 0.369 e. The molecule has 3 heteroatoms. The van der Waals surface area contributed by atoms with Crippen molar-refractivity contribution in [2.75, 3.05) is 37.6 Å². The molecule has 0 atom stereocenters. The molecule has 0 radical (unpaired) electrons. The molecule has 3 nitrogen and oxygen atoms in total. The van der Waals surface area contributed by atoms with Gasteiger partial charge in [-0.1, -0.05) is 12.1 Å². The lowest BCUT2D eigenvalue weighted by molar-refractivity contribution is 0.217. The SMILES string of the molecule is Cc1cccc(N2CCN(CCC3CCC(N)CC3)CC2)c1. The minimum Gasteiger partial charge on any atom is -0.369 e. The fraction of sp³-hybridized carbons (Fsp3) is 0.684. The van der Waals surface area contributed by atoms with E-state index in [1.807, 2.05) is 0 Å². The second kappa shape index (κ2) is 7.47. The molecule has 2 aliphatic rings. The van der Waals surface area contributed by atoms with Crippen LogP contribution in [-0.4, -0.2) is 43.7 Å². The van der Waals surface area contributed by atoms with Crippen molar-refractivity contribution in [1.29, 1.82) is 0 Å². The molecular weight excluding hydrogens is 270 g/mol. The molecule has 0 spiro atoms. The van der Waals surface area contributed by atoms with E-state index in [-0.39, 0.29) is 0 Å². The van der Waals surface area contributed by atoms with Crippen LogP contribution in [0.1, 0.15) is 37.7 Å². The molecule has 2 N–H and O–H groups in total. The van der Waals surface area contributed by atoms with Crippen molar-refractivity contribution in [3.63, 3.8) is 0 Å². The Kier molecular flexibility index (Phi) is 5.37. The van der Waals surface area contributed by atoms with E-state index >= 15 is 0 Å². The number of nitrogens with two attached hydrogens (primary N) is 1. The van der Waals surface area contributed by atoms with Crippen molar-refractivity contribution in [3.05, 3.63) is 29.8 Å². The van der Waals surface area contributed by atoms with Gasteiger partial charge in [-0.05, 0) is 69.2 Å². The van der Waals surface area contributed by atoms with E-state index in [1.54, 1.807) is 0 Å². The van der Waals surface area contributed by atoms with Crippen molar-refractivity contribution >= 4 is 5.69 Å². The molecule has 0 aromatic heterocycles. The molecule has 3 rings (SSSR count). The number of aryl methyl sites for hydroxylation is 1. The number of piperazine rings is 1. The first kappa shape index (κ1) is 15.8. The topological polar surface area (TPSA) is 32.5 Å². The molecule has 1 aliphatic heterocycles. The fourth-order valence-corrected chi connectivity index (χ4v) is 3.90. The predicted octanol–water partition coefficient (Wildman–Crippen LogP) is 3.02. The Bertz CT molecular complexity index is 458. The Labute approximate surface area is 135 Å². The molecule has 0 amide bonds. The van der Waals surface area contributed by atoms with Gasteiger partial charge in [0, 0.05) is 37.9 Å². The highest BCUT2D eigenvalue weighted by Gasteiger charge is 2.21. The lowest BCUT2D eigenvalue weighted by Crippen LogP contribution is -2.47. The average Bonchev–Trinajstić information content (AvgIpc) is 2.55. The van der Waals surface area contributed by atoms with E-state index in [0.717, 1.165) is 5.92 Å². The van der Waals surface area contributed by atoms with Gasteiger partial charge in [-0.2, -0.15) is 0 Å². The van der Waals surface area contributed by atoms with Crippen molar-refractivity contribution in [2.24, 2.45) is 11.7 Å². The monoisotopic (exact) mass is 301 g/mol. The number of anilines is 1. The smallest absolute Gasteiger partial charge is 0.0369 e. The second-order valence-corrected chi connectivity index (χ2v) is 7.24. The van der Waals surface area contributed by atoms with Crippen LogP contribution < -0.4 is 10.6 Å². The molecule has 0 unspecified atom stereocenters. The van der Waals surface area contributed by atoms with Gasteiger partial charge in [0.2, 0.25) is 0 Å². The standard InChI is InChI=1S/C19H31N3/c1-16-3-2-4-19(15-16)22-13-11-21(12-14-22)10-9-17-5-7-18(20)8-6-17/h2-4,15,17-18H,5-14,20H2,1H3. The number of nitrogens with zero attached hydrogens (tertiary/aromatic N) is 2. The van der Waals surface area contributed by atoms with Gasteiger partial charge in [0.1, 0.15) is 0 Å². The van der Waals surface area contributed by atoms with Crippen LogP contribution in [0.3, 0.4) is 0 Å². The lowest BCUT2D eigenvalue weighted by atomic mass is 9.84. The lowest BCUT2D eigenvalue weighted by Gasteiger charge is -2.37. The van der Waals surface area contributed by atoms with Crippen molar-refractivity contribution < 1.29 is 0 Å². The quantitative estimate of drug-likeness (QED) is 0.928. The number of hydrogen-bond acceptors (Lipinski definition) is 3. The third kappa shape index (κ3) is 4.23. The highest BCUT2D eigenvalue weighted by atomic mass is 15.3. The summed E-state index contributed by atoms with van der Waals surface area (Å²) in [6, 6.07) is 9.38. The highest BCUT2D eigenvalue weighted by molar-refractivity contribution is 5.48. The summed E-state index contributed by atoms with van der Waals surface area (Å²) in [6.07, 6.45) is 6.56. The van der Waals surface area contributed by atoms with E-state index in [9.17, 15) is 0 Å². The fourth-order valence-electron chi connectivity index (χ4n) is 3.90. The normalized spacial score (nSPS) is 27.1. The van der Waals surface area contributed by atoms with Crippen molar-refractivity contribution in [1.82, 2.24) is 4.90 Å². The van der Waals surface area contributed by atoms with Gasteiger partial charge < -0.3 is 10.6 Å². The van der Waals surface area contributed by atoms with Gasteiger partial charge in [-0.15, -0.1) is 0 Å². The summed E-state index contributed by atoms with van der Waals surface area (Å²) in [5, 5.41) is 0. The van der Waals surface area contributed by atoms with Gasteiger partial charge in [0.25, 0.3) is 0 Å². The summed E-state index contributed by atoms with van der Waals surface area (Å²) in [4.78, 5) is 5.18. The van der Waals surface area contributed by atoms with Crippen LogP contribution in [0, 0.1) is 12.8 Å². The van der Waals surface area contributed by atoms with E-state index in [2.05, 4.69) is 41.0 Å². The molecule has 1 aliphatic carbocycles. The zero-order chi connectivity index (χ0) is 15.4. The summed E-state index contributed by atoms with van der Waals surface area (Å²) in [6.45, 7) is 8.20. The Morgan fingerprint density at radius 1 is 1.05 bits per heavy atom. The van der Waals surface area contributed by atoms with Gasteiger partial charge >= 0.3 is 0 Å². The summed E-state index contributed by atoms with van der Waals surface area (Å²) in [5.41, 5.74) is 8.75. The van der Waals surface area contributed by atoms with Crippen LogP contribution in [0.5, 0.6) is 0 Å². The molecule has 1 aromatic carbocycles. The van der Waals surface area contributed by atoms with Gasteiger partial charge in [-0.25, -0.2) is 0 Å². The molecule has 22 heavy (non-hydrogen) atoms. The Morgan fingerprint density at radius 2 is 1.77 bits per heavy atom. The summed E-state index contributed by atoms with van der Waals surface area (Å²) in [7, 11) is 0. The maximum atomic E-state index is 6.00. The molecule has 1 heterocycles. The van der Waals surface area contributed by atoms with Crippen LogP contribution in [0.25, 0.3) is 0 Å². The summed E-state index contributed by atoms with van der Waals surface area (Å²) < 4.78 is 0. The highest BCUT2D eigenvalue weighted by Crippen LogP contribution is 2.26. The first-order valence-electron chi connectivity index (χ1n) is 9.00. The average molecular weight is 301 g/mol. The first-order chi connectivity index (χ1) is 10.7. The zero-order valence-electron chi connectivity index (χ0n) is 14.0. The van der Waals surface area contributed by atoms with E-state index in [4.69, 9.17) is 5.73 Å². The predicted molar refractivity (Wildman–Crippen MR) is 94.4 cm³/mol. The van der Waals surface area contributed by atoms with Gasteiger partial charge in [-0.3, -0.25) is 4.90 Å². The minimum absolute atomic E-state index is 0.481. The number of rotatable bonds is 4. The van der Waals surface area contributed by atoms with E-state index < -0.39 is 0 Å². The van der Waals surface area contributed by atoms with Gasteiger partial charge in [0.15, 0.2) is 0 Å². The zero-order valence-corrected chi connectivity index (χ0v) is 14.0. The van der Waals surface area contributed by atoms with Crippen LogP contribution in [-0.2, 0) is 0 Å². The maximum absolute atomic E-state index is 6.00. The maximum Gasteiger partial charge on any atom is 0.0369 e. The van der Waals surface area contributed by atoms with E-state index in [1.165, 1.54) is 76.1 Å². The number of benzene rings is 1. The molecule has 1 saturated carbocycles. The Morgan fingerprint density at radius 3 is 2.45 bits per heavy atom. The van der Waals surface area contributed by atoms with Gasteiger partial charge in [0.05, 0.1) is 0 Å². The Hall–Kier alpha value is -1.06. The Balaban J connectivity index is 1.40. The minimum atomic E-state index is 0.481. The van der Waals surface area contributed by atoms with E-state index in [0.29, 0.717) is 6.04 Å². The molecule has 0 bridgehead atoms. The molecule has 1 aromatic rings.